The van der Waals surface area contributed by atoms with Gasteiger partial charge in [0.25, 0.3) is 0 Å². The number of hydrogen-bond donors (Lipinski definition) is 0. The van der Waals surface area contributed by atoms with Gasteiger partial charge in [-0.2, -0.15) is 0 Å². The zero-order chi connectivity index (χ0) is 22.0. The Bertz CT molecular complexity index is 659. The first-order chi connectivity index (χ1) is 14.7. The molecule has 0 N–H and O–H groups in total. The molecule has 4 aliphatic carbocycles. The summed E-state index contributed by atoms with van der Waals surface area (Å²) in [6.45, 7) is 15.7. The van der Waals surface area contributed by atoms with Gasteiger partial charge in [0, 0.05) is 18.4 Å². The lowest BCUT2D eigenvalue weighted by Crippen LogP contribution is -2.58. The third-order valence-corrected chi connectivity index (χ3v) is 11.6. The van der Waals surface area contributed by atoms with Gasteiger partial charge in [-0.3, -0.25) is 0 Å². The van der Waals surface area contributed by atoms with E-state index < -0.39 is 0 Å². The summed E-state index contributed by atoms with van der Waals surface area (Å²) in [7, 11) is 0. The van der Waals surface area contributed by atoms with Crippen molar-refractivity contribution >= 4 is 0 Å². The largest absolute Gasteiger partial charge is 0.378 e. The molecule has 5 aliphatic rings. The SMILES string of the molecule is CCO[C@H]1CC[C@]2(C)[C@H]3CC[C@]4(C)[C@@H]([C@H](C)CCCC(C)C)CC[C@H]4[C@@H]3C[C@@H]3OC32C1. The third kappa shape index (κ3) is 3.39. The Morgan fingerprint density at radius 2 is 1.77 bits per heavy atom. The Hall–Kier alpha value is -0.0800. The zero-order valence-corrected chi connectivity index (χ0v) is 21.4. The van der Waals surface area contributed by atoms with Gasteiger partial charge in [-0.15, -0.1) is 0 Å². The highest BCUT2D eigenvalue weighted by Crippen LogP contribution is 2.74. The molecule has 31 heavy (non-hydrogen) atoms. The summed E-state index contributed by atoms with van der Waals surface area (Å²) in [5.74, 6) is 5.48. The van der Waals surface area contributed by atoms with Crippen molar-refractivity contribution in [3.05, 3.63) is 0 Å². The average Bonchev–Trinajstić information content (AvgIpc) is 3.29. The molecule has 1 unspecified atom stereocenters. The molecule has 1 aliphatic heterocycles. The van der Waals surface area contributed by atoms with E-state index in [1.807, 2.05) is 0 Å². The highest BCUT2D eigenvalue weighted by atomic mass is 16.6. The molecule has 0 radical (unpaired) electrons. The van der Waals surface area contributed by atoms with E-state index in [1.165, 1.54) is 70.6 Å². The predicted molar refractivity (Wildman–Crippen MR) is 128 cm³/mol. The van der Waals surface area contributed by atoms with Crippen LogP contribution in [0.5, 0.6) is 0 Å². The smallest absolute Gasteiger partial charge is 0.103 e. The fourth-order valence-corrected chi connectivity index (χ4v) is 10.0. The molecule has 2 nitrogen and oxygen atoms in total. The lowest BCUT2D eigenvalue weighted by atomic mass is 9.44. The minimum atomic E-state index is 0.169. The topological polar surface area (TPSA) is 21.8 Å². The van der Waals surface area contributed by atoms with Gasteiger partial charge >= 0.3 is 0 Å². The number of rotatable bonds is 7. The molecule has 5 fully saturated rings. The Kier molecular flexibility index (Phi) is 5.86. The Labute approximate surface area is 192 Å². The van der Waals surface area contributed by atoms with E-state index >= 15 is 0 Å². The van der Waals surface area contributed by atoms with Crippen molar-refractivity contribution in [2.75, 3.05) is 6.61 Å². The van der Waals surface area contributed by atoms with E-state index in [0.717, 1.165) is 42.1 Å². The first-order valence-corrected chi connectivity index (χ1v) is 14.0. The van der Waals surface area contributed by atoms with Crippen molar-refractivity contribution in [2.45, 2.75) is 130 Å². The number of epoxide rings is 1. The quantitative estimate of drug-likeness (QED) is 0.387. The second-order valence-corrected chi connectivity index (χ2v) is 13.4. The molecule has 0 aromatic carbocycles. The molecule has 0 amide bonds. The summed E-state index contributed by atoms with van der Waals surface area (Å²) < 4.78 is 12.8. The van der Waals surface area contributed by atoms with Gasteiger partial charge in [0.05, 0.1) is 12.2 Å². The van der Waals surface area contributed by atoms with Crippen molar-refractivity contribution in [1.82, 2.24) is 0 Å². The van der Waals surface area contributed by atoms with Gasteiger partial charge in [-0.25, -0.2) is 0 Å². The van der Waals surface area contributed by atoms with Gasteiger partial charge in [-0.05, 0) is 92.8 Å². The van der Waals surface area contributed by atoms with Crippen LogP contribution in [0.2, 0.25) is 0 Å². The number of fused-ring (bicyclic) bond motifs is 4. The van der Waals surface area contributed by atoms with Gasteiger partial charge < -0.3 is 9.47 Å². The van der Waals surface area contributed by atoms with Crippen LogP contribution in [0.25, 0.3) is 0 Å². The number of hydrogen-bond acceptors (Lipinski definition) is 2. The van der Waals surface area contributed by atoms with Crippen LogP contribution in [0, 0.1) is 46.3 Å². The molecular weight excluding hydrogens is 380 g/mol. The van der Waals surface area contributed by atoms with Crippen molar-refractivity contribution in [1.29, 1.82) is 0 Å². The van der Waals surface area contributed by atoms with E-state index in [2.05, 4.69) is 41.5 Å². The first kappa shape index (κ1) is 22.7. The van der Waals surface area contributed by atoms with Gasteiger partial charge in [0.2, 0.25) is 0 Å². The van der Waals surface area contributed by atoms with Crippen LogP contribution in [-0.4, -0.2) is 24.4 Å². The molecule has 178 valence electrons. The molecule has 0 bridgehead atoms. The Morgan fingerprint density at radius 1 is 0.968 bits per heavy atom. The molecule has 1 saturated heterocycles. The summed E-state index contributed by atoms with van der Waals surface area (Å²) in [6.07, 6.45) is 16.3. The highest BCUT2D eigenvalue weighted by molar-refractivity contribution is 5.24. The standard InChI is InChI=1S/C29H50O2/c1-7-30-21-13-16-28(6)25-14-15-27(5)23(20(4)10-8-9-19(2)3)11-12-24(27)22(25)17-26-29(28,18-21)31-26/h19-26H,7-18H2,1-6H3/t20-,21+,22+,23-,24+,25+,26+,27-,28-,29?/m1/s1. The fraction of sp³-hybridized carbons (Fsp3) is 1.00. The molecule has 10 atom stereocenters. The van der Waals surface area contributed by atoms with Crippen LogP contribution in [0.4, 0.5) is 0 Å². The molecular formula is C29H50O2. The normalized spacial score (nSPS) is 51.6. The van der Waals surface area contributed by atoms with Crippen molar-refractivity contribution in [3.8, 4) is 0 Å². The predicted octanol–water partition coefficient (Wildman–Crippen LogP) is 7.64. The van der Waals surface area contributed by atoms with Crippen molar-refractivity contribution in [2.24, 2.45) is 46.3 Å². The van der Waals surface area contributed by atoms with Gasteiger partial charge in [-0.1, -0.05) is 53.9 Å². The van der Waals surface area contributed by atoms with Crippen LogP contribution in [0.15, 0.2) is 0 Å². The molecule has 0 aromatic heterocycles. The second-order valence-electron chi connectivity index (χ2n) is 13.4. The Balaban J connectivity index is 1.31. The zero-order valence-electron chi connectivity index (χ0n) is 21.4. The van der Waals surface area contributed by atoms with Gasteiger partial charge in [0.15, 0.2) is 0 Å². The molecule has 1 heterocycles. The number of ether oxygens (including phenoxy) is 2. The summed E-state index contributed by atoms with van der Waals surface area (Å²) in [5.41, 5.74) is 1.16. The van der Waals surface area contributed by atoms with E-state index in [1.54, 1.807) is 0 Å². The van der Waals surface area contributed by atoms with E-state index in [9.17, 15) is 0 Å². The maximum atomic E-state index is 6.69. The van der Waals surface area contributed by atoms with E-state index in [0.29, 0.717) is 23.0 Å². The fourth-order valence-electron chi connectivity index (χ4n) is 10.0. The van der Waals surface area contributed by atoms with Crippen LogP contribution in [0.1, 0.15) is 112 Å². The minimum Gasteiger partial charge on any atom is -0.378 e. The van der Waals surface area contributed by atoms with E-state index in [-0.39, 0.29) is 5.60 Å². The molecule has 4 saturated carbocycles. The summed E-state index contributed by atoms with van der Waals surface area (Å²) in [5, 5.41) is 0. The lowest BCUT2D eigenvalue weighted by molar-refractivity contribution is -0.124. The molecule has 5 rings (SSSR count). The van der Waals surface area contributed by atoms with Gasteiger partial charge in [0.1, 0.15) is 5.60 Å². The second kappa shape index (κ2) is 8.00. The summed E-state index contributed by atoms with van der Waals surface area (Å²) in [6, 6.07) is 0. The summed E-state index contributed by atoms with van der Waals surface area (Å²) >= 11 is 0. The van der Waals surface area contributed by atoms with Crippen LogP contribution in [0.3, 0.4) is 0 Å². The average molecular weight is 431 g/mol. The lowest BCUT2D eigenvalue weighted by Gasteiger charge is -2.59. The van der Waals surface area contributed by atoms with E-state index in [4.69, 9.17) is 9.47 Å². The van der Waals surface area contributed by atoms with Crippen LogP contribution < -0.4 is 0 Å². The monoisotopic (exact) mass is 430 g/mol. The summed E-state index contributed by atoms with van der Waals surface area (Å²) in [4.78, 5) is 0. The third-order valence-electron chi connectivity index (χ3n) is 11.6. The van der Waals surface area contributed by atoms with Crippen molar-refractivity contribution < 1.29 is 9.47 Å². The maximum absolute atomic E-state index is 6.69. The van der Waals surface area contributed by atoms with Crippen LogP contribution in [-0.2, 0) is 9.47 Å². The van der Waals surface area contributed by atoms with Crippen molar-refractivity contribution in [3.63, 3.8) is 0 Å². The molecule has 1 spiro atoms. The molecule has 0 aromatic rings. The van der Waals surface area contributed by atoms with Crippen LogP contribution >= 0.6 is 0 Å². The minimum absolute atomic E-state index is 0.169. The Morgan fingerprint density at radius 3 is 2.52 bits per heavy atom. The highest BCUT2D eigenvalue weighted by Gasteiger charge is 2.76. The molecule has 2 heteroatoms. The maximum Gasteiger partial charge on any atom is 0.103 e. The first-order valence-electron chi connectivity index (χ1n) is 14.0.